The Balaban J connectivity index is 2.24. The number of aromatic nitrogens is 2. The van der Waals surface area contributed by atoms with Crippen LogP contribution in [-0.4, -0.2) is 42.5 Å². The van der Waals surface area contributed by atoms with Crippen molar-refractivity contribution >= 4 is 5.95 Å². The molecule has 0 aliphatic heterocycles. The summed E-state index contributed by atoms with van der Waals surface area (Å²) in [6, 6.07) is 0. The van der Waals surface area contributed by atoms with Crippen LogP contribution >= 0.6 is 0 Å². The number of nitrogens with one attached hydrogen (secondary N) is 1. The highest BCUT2D eigenvalue weighted by Crippen LogP contribution is 2.09. The van der Waals surface area contributed by atoms with E-state index in [4.69, 9.17) is 9.47 Å². The van der Waals surface area contributed by atoms with Crippen LogP contribution in [0, 0.1) is 12.8 Å². The summed E-state index contributed by atoms with van der Waals surface area (Å²) in [5.41, 5.74) is 1.04. The first-order chi connectivity index (χ1) is 10.1. The van der Waals surface area contributed by atoms with Crippen molar-refractivity contribution in [2.75, 3.05) is 38.3 Å². The predicted octanol–water partition coefficient (Wildman–Crippen LogP) is 3.09. The molecule has 1 rings (SSSR count). The van der Waals surface area contributed by atoms with Gasteiger partial charge in [0.25, 0.3) is 0 Å². The van der Waals surface area contributed by atoms with E-state index in [0.29, 0.717) is 5.92 Å². The van der Waals surface area contributed by atoms with Gasteiger partial charge in [-0.25, -0.2) is 4.98 Å². The predicted molar refractivity (Wildman–Crippen MR) is 86.8 cm³/mol. The van der Waals surface area contributed by atoms with E-state index in [-0.39, 0.29) is 0 Å². The van der Waals surface area contributed by atoms with Crippen molar-refractivity contribution in [3.05, 3.63) is 11.9 Å². The van der Waals surface area contributed by atoms with Crippen molar-refractivity contribution in [3.8, 4) is 0 Å². The molecule has 0 bridgehead atoms. The standard InChI is InChI=1S/C16H31N3O2/c1-5-20-10-6-9-19-13-15(4)18-16(19)17-8-12-21-11-7-14(2)3/h13-14H,5-12H2,1-4H3,(H,17,18). The van der Waals surface area contributed by atoms with Crippen molar-refractivity contribution in [1.29, 1.82) is 0 Å². The molecule has 0 atom stereocenters. The van der Waals surface area contributed by atoms with E-state index in [1.165, 1.54) is 0 Å². The third-order valence-electron chi connectivity index (χ3n) is 3.16. The maximum Gasteiger partial charge on any atom is 0.203 e. The van der Waals surface area contributed by atoms with E-state index in [1.54, 1.807) is 0 Å². The molecule has 0 spiro atoms. The van der Waals surface area contributed by atoms with Crippen LogP contribution in [0.5, 0.6) is 0 Å². The molecule has 0 fully saturated rings. The molecule has 0 aromatic carbocycles. The van der Waals surface area contributed by atoms with Gasteiger partial charge in [0, 0.05) is 39.1 Å². The van der Waals surface area contributed by atoms with Gasteiger partial charge in [0.1, 0.15) is 0 Å². The summed E-state index contributed by atoms with van der Waals surface area (Å²) < 4.78 is 13.1. The Morgan fingerprint density at radius 3 is 2.76 bits per heavy atom. The molecule has 0 saturated heterocycles. The summed E-state index contributed by atoms with van der Waals surface area (Å²) in [4.78, 5) is 4.51. The number of nitrogens with zero attached hydrogens (tertiary/aromatic N) is 2. The zero-order chi connectivity index (χ0) is 15.5. The van der Waals surface area contributed by atoms with E-state index in [1.807, 2.05) is 13.8 Å². The van der Waals surface area contributed by atoms with Crippen LogP contribution in [-0.2, 0) is 16.0 Å². The fourth-order valence-electron chi connectivity index (χ4n) is 2.00. The van der Waals surface area contributed by atoms with Crippen LogP contribution in [0.4, 0.5) is 5.95 Å². The molecule has 5 heteroatoms. The molecule has 1 heterocycles. The van der Waals surface area contributed by atoms with Gasteiger partial charge in [0.15, 0.2) is 0 Å². The molecular weight excluding hydrogens is 266 g/mol. The Morgan fingerprint density at radius 2 is 2.05 bits per heavy atom. The molecule has 0 aliphatic rings. The van der Waals surface area contributed by atoms with Gasteiger partial charge >= 0.3 is 0 Å². The highest BCUT2D eigenvalue weighted by atomic mass is 16.5. The summed E-state index contributed by atoms with van der Waals surface area (Å²) in [6.07, 6.45) is 4.20. The summed E-state index contributed by atoms with van der Waals surface area (Å²) >= 11 is 0. The van der Waals surface area contributed by atoms with E-state index in [0.717, 1.165) is 64.0 Å². The van der Waals surface area contributed by atoms with Crippen LogP contribution in [0.2, 0.25) is 0 Å². The number of hydrogen-bond donors (Lipinski definition) is 1. The quantitative estimate of drug-likeness (QED) is 0.602. The molecule has 1 aromatic heterocycles. The minimum Gasteiger partial charge on any atom is -0.382 e. The second-order valence-electron chi connectivity index (χ2n) is 5.67. The van der Waals surface area contributed by atoms with Gasteiger partial charge in [-0.2, -0.15) is 0 Å². The third-order valence-corrected chi connectivity index (χ3v) is 3.16. The van der Waals surface area contributed by atoms with Gasteiger partial charge in [-0.15, -0.1) is 0 Å². The summed E-state index contributed by atoms with van der Waals surface area (Å²) in [6.45, 7) is 13.3. The van der Waals surface area contributed by atoms with Crippen LogP contribution in [0.1, 0.15) is 39.3 Å². The largest absolute Gasteiger partial charge is 0.382 e. The molecule has 0 saturated carbocycles. The average Bonchev–Trinajstić information content (AvgIpc) is 2.79. The number of hydrogen-bond acceptors (Lipinski definition) is 4. The van der Waals surface area contributed by atoms with Crippen molar-refractivity contribution < 1.29 is 9.47 Å². The fraction of sp³-hybridized carbons (Fsp3) is 0.812. The molecule has 5 nitrogen and oxygen atoms in total. The first kappa shape index (κ1) is 18.0. The first-order valence-electron chi connectivity index (χ1n) is 8.06. The molecule has 0 radical (unpaired) electrons. The van der Waals surface area contributed by atoms with Gasteiger partial charge in [-0.05, 0) is 32.6 Å². The van der Waals surface area contributed by atoms with E-state index in [9.17, 15) is 0 Å². The lowest BCUT2D eigenvalue weighted by atomic mass is 10.1. The maximum atomic E-state index is 5.61. The topological polar surface area (TPSA) is 48.3 Å². The van der Waals surface area contributed by atoms with E-state index >= 15 is 0 Å². The van der Waals surface area contributed by atoms with Crippen molar-refractivity contribution in [2.45, 2.75) is 47.1 Å². The van der Waals surface area contributed by atoms with Gasteiger partial charge in [-0.1, -0.05) is 13.8 Å². The Hall–Kier alpha value is -1.07. The van der Waals surface area contributed by atoms with E-state index < -0.39 is 0 Å². The lowest BCUT2D eigenvalue weighted by Gasteiger charge is -2.10. The highest BCUT2D eigenvalue weighted by Gasteiger charge is 2.04. The molecule has 0 amide bonds. The molecule has 122 valence electrons. The van der Waals surface area contributed by atoms with Gasteiger partial charge in [-0.3, -0.25) is 0 Å². The monoisotopic (exact) mass is 297 g/mol. The fourth-order valence-corrected chi connectivity index (χ4v) is 2.00. The number of aryl methyl sites for hydroxylation is 2. The van der Waals surface area contributed by atoms with Crippen molar-refractivity contribution in [2.24, 2.45) is 5.92 Å². The summed E-state index contributed by atoms with van der Waals surface area (Å²) in [5.74, 6) is 1.63. The number of imidazole rings is 1. The second-order valence-corrected chi connectivity index (χ2v) is 5.67. The van der Waals surface area contributed by atoms with Gasteiger partial charge < -0.3 is 19.4 Å². The SMILES string of the molecule is CCOCCCn1cc(C)nc1NCCOCCC(C)C. The summed E-state index contributed by atoms with van der Waals surface area (Å²) in [5, 5.41) is 3.35. The Kier molecular flexibility index (Phi) is 9.10. The Morgan fingerprint density at radius 1 is 1.24 bits per heavy atom. The average molecular weight is 297 g/mol. The number of rotatable bonds is 12. The minimum atomic E-state index is 0.699. The van der Waals surface area contributed by atoms with Crippen molar-refractivity contribution in [3.63, 3.8) is 0 Å². The summed E-state index contributed by atoms with van der Waals surface area (Å²) in [7, 11) is 0. The number of ether oxygens (including phenoxy) is 2. The second kappa shape index (κ2) is 10.6. The zero-order valence-electron chi connectivity index (χ0n) is 14.0. The number of anilines is 1. The smallest absolute Gasteiger partial charge is 0.203 e. The molecular formula is C16H31N3O2. The van der Waals surface area contributed by atoms with Crippen LogP contribution in [0.15, 0.2) is 6.20 Å². The minimum absolute atomic E-state index is 0.699. The molecule has 0 aliphatic carbocycles. The molecule has 1 N–H and O–H groups in total. The lowest BCUT2D eigenvalue weighted by molar-refractivity contribution is 0.132. The van der Waals surface area contributed by atoms with Crippen LogP contribution in [0.25, 0.3) is 0 Å². The van der Waals surface area contributed by atoms with Crippen molar-refractivity contribution in [1.82, 2.24) is 9.55 Å². The van der Waals surface area contributed by atoms with Crippen LogP contribution < -0.4 is 5.32 Å². The molecule has 1 aromatic rings. The molecule has 21 heavy (non-hydrogen) atoms. The molecule has 0 unspecified atom stereocenters. The first-order valence-corrected chi connectivity index (χ1v) is 8.06. The van der Waals surface area contributed by atoms with E-state index in [2.05, 4.69) is 34.9 Å². The van der Waals surface area contributed by atoms with Gasteiger partial charge in [0.2, 0.25) is 5.95 Å². The lowest BCUT2D eigenvalue weighted by Crippen LogP contribution is -2.14. The maximum absolute atomic E-state index is 5.61. The zero-order valence-corrected chi connectivity index (χ0v) is 14.0. The van der Waals surface area contributed by atoms with Crippen LogP contribution in [0.3, 0.4) is 0 Å². The highest BCUT2D eigenvalue weighted by molar-refractivity contribution is 5.28. The normalized spacial score (nSPS) is 11.3. The Labute approximate surface area is 129 Å². The Bertz CT molecular complexity index is 378. The van der Waals surface area contributed by atoms with Gasteiger partial charge in [0.05, 0.1) is 12.3 Å². The third kappa shape index (κ3) is 8.07.